The highest BCUT2D eigenvalue weighted by Crippen LogP contribution is 2.27. The minimum Gasteiger partial charge on any atom is -0.422 e. The zero-order valence-corrected chi connectivity index (χ0v) is 19.5. The van der Waals surface area contributed by atoms with Crippen molar-refractivity contribution in [2.24, 2.45) is 5.10 Å². The molecule has 0 aliphatic rings. The first-order chi connectivity index (χ1) is 17.4. The Hall–Kier alpha value is -4.56. The van der Waals surface area contributed by atoms with Crippen LogP contribution in [0.3, 0.4) is 0 Å². The molecule has 0 saturated heterocycles. The summed E-state index contributed by atoms with van der Waals surface area (Å²) in [6.07, 6.45) is 1.37. The van der Waals surface area contributed by atoms with Crippen molar-refractivity contribution in [2.75, 3.05) is 6.54 Å². The lowest BCUT2D eigenvalue weighted by Gasteiger charge is -2.11. The molecular formula is C27H19ClFN3O4. The molecule has 0 spiro atoms. The van der Waals surface area contributed by atoms with Crippen LogP contribution in [0.25, 0.3) is 10.8 Å². The molecule has 2 amide bonds. The quantitative estimate of drug-likeness (QED) is 0.165. The van der Waals surface area contributed by atoms with Crippen molar-refractivity contribution in [1.29, 1.82) is 0 Å². The highest BCUT2D eigenvalue weighted by Gasteiger charge is 2.14. The van der Waals surface area contributed by atoms with Crippen LogP contribution in [0, 0.1) is 5.82 Å². The first-order valence-corrected chi connectivity index (χ1v) is 11.1. The van der Waals surface area contributed by atoms with Gasteiger partial charge in [-0.2, -0.15) is 5.10 Å². The number of carbonyl (C=O) groups excluding carboxylic acids is 3. The Morgan fingerprint density at radius 2 is 1.58 bits per heavy atom. The van der Waals surface area contributed by atoms with Crippen molar-refractivity contribution in [3.63, 3.8) is 0 Å². The van der Waals surface area contributed by atoms with Gasteiger partial charge in [-0.25, -0.2) is 14.6 Å². The Kier molecular flexibility index (Phi) is 7.67. The van der Waals surface area contributed by atoms with Crippen LogP contribution in [-0.2, 0) is 4.79 Å². The first-order valence-electron chi connectivity index (χ1n) is 10.8. The number of rotatable bonds is 7. The van der Waals surface area contributed by atoms with Gasteiger partial charge in [0.05, 0.1) is 18.3 Å². The Balaban J connectivity index is 1.46. The highest BCUT2D eigenvalue weighted by molar-refractivity contribution is 6.30. The molecule has 7 nitrogen and oxygen atoms in total. The third-order valence-corrected chi connectivity index (χ3v) is 5.36. The summed E-state index contributed by atoms with van der Waals surface area (Å²) in [5, 5.41) is 8.53. The van der Waals surface area contributed by atoms with Crippen LogP contribution in [0.4, 0.5) is 4.39 Å². The fourth-order valence-corrected chi connectivity index (χ4v) is 3.44. The van der Waals surface area contributed by atoms with Crippen LogP contribution in [0.2, 0.25) is 5.02 Å². The van der Waals surface area contributed by atoms with E-state index in [4.69, 9.17) is 16.3 Å². The number of amides is 2. The summed E-state index contributed by atoms with van der Waals surface area (Å²) in [5.74, 6) is -1.91. The number of hydrazone groups is 1. The highest BCUT2D eigenvalue weighted by atomic mass is 35.5. The van der Waals surface area contributed by atoms with Gasteiger partial charge in [0, 0.05) is 16.1 Å². The van der Waals surface area contributed by atoms with Gasteiger partial charge in [0.15, 0.2) is 0 Å². The summed E-state index contributed by atoms with van der Waals surface area (Å²) in [6.45, 7) is -0.346. The summed E-state index contributed by atoms with van der Waals surface area (Å²) in [4.78, 5) is 36.9. The maximum absolute atomic E-state index is 13.0. The van der Waals surface area contributed by atoms with Crippen molar-refractivity contribution in [1.82, 2.24) is 10.7 Å². The van der Waals surface area contributed by atoms with Crippen molar-refractivity contribution < 1.29 is 23.5 Å². The van der Waals surface area contributed by atoms with E-state index in [9.17, 15) is 18.8 Å². The number of carbonyl (C=O) groups is 3. The Labute approximate surface area is 210 Å². The fraction of sp³-hybridized carbons (Fsp3) is 0.0370. The average molecular weight is 504 g/mol. The molecule has 180 valence electrons. The number of ether oxygens (including phenoxy) is 1. The molecule has 4 rings (SSSR count). The van der Waals surface area contributed by atoms with Gasteiger partial charge in [0.2, 0.25) is 0 Å². The fourth-order valence-electron chi connectivity index (χ4n) is 3.31. The molecule has 0 bridgehead atoms. The second-order valence-corrected chi connectivity index (χ2v) is 8.01. The lowest BCUT2D eigenvalue weighted by molar-refractivity contribution is -0.120. The molecule has 9 heteroatoms. The molecule has 0 atom stereocenters. The van der Waals surface area contributed by atoms with E-state index in [0.29, 0.717) is 16.1 Å². The van der Waals surface area contributed by atoms with Gasteiger partial charge < -0.3 is 10.1 Å². The number of hydrogen-bond donors (Lipinski definition) is 2. The van der Waals surface area contributed by atoms with Crippen LogP contribution < -0.4 is 15.5 Å². The largest absolute Gasteiger partial charge is 0.422 e. The molecule has 36 heavy (non-hydrogen) atoms. The third-order valence-electron chi connectivity index (χ3n) is 5.11. The van der Waals surface area contributed by atoms with E-state index in [0.717, 1.165) is 22.9 Å². The minimum absolute atomic E-state index is 0.218. The summed E-state index contributed by atoms with van der Waals surface area (Å²) in [6, 6.07) is 22.1. The van der Waals surface area contributed by atoms with E-state index in [1.807, 2.05) is 24.3 Å². The van der Waals surface area contributed by atoms with E-state index in [2.05, 4.69) is 15.8 Å². The topological polar surface area (TPSA) is 96.9 Å². The maximum Gasteiger partial charge on any atom is 0.343 e. The van der Waals surface area contributed by atoms with Gasteiger partial charge in [-0.15, -0.1) is 0 Å². The number of hydrogen-bond acceptors (Lipinski definition) is 5. The lowest BCUT2D eigenvalue weighted by Crippen LogP contribution is -2.34. The SMILES string of the molecule is O=C(CNC(=O)c1ccc(F)cc1)NN=Cc1c(OC(=O)c2ccc(Cl)cc2)ccc2ccccc12. The van der Waals surface area contributed by atoms with Gasteiger partial charge in [-0.3, -0.25) is 9.59 Å². The molecular weight excluding hydrogens is 485 g/mol. The molecule has 0 unspecified atom stereocenters. The predicted molar refractivity (Wildman–Crippen MR) is 135 cm³/mol. The van der Waals surface area contributed by atoms with Crippen LogP contribution in [0.15, 0.2) is 90.0 Å². The van der Waals surface area contributed by atoms with Crippen LogP contribution in [-0.4, -0.2) is 30.5 Å². The molecule has 0 aliphatic carbocycles. The minimum atomic E-state index is -0.582. The van der Waals surface area contributed by atoms with E-state index in [1.165, 1.54) is 18.3 Å². The molecule has 4 aromatic rings. The summed E-state index contributed by atoms with van der Waals surface area (Å²) in [7, 11) is 0. The standard InChI is InChI=1S/C27H19ClFN3O4/c28-20-10-5-19(6-11-20)27(35)36-24-14-9-17-3-1-2-4-22(17)23(24)15-31-32-25(33)16-30-26(34)18-7-12-21(29)13-8-18/h1-15H,16H2,(H,30,34)(H,32,33). The number of halogens is 2. The Morgan fingerprint density at radius 1 is 0.889 bits per heavy atom. The van der Waals surface area contributed by atoms with Crippen LogP contribution in [0.5, 0.6) is 5.75 Å². The molecule has 0 aromatic heterocycles. The van der Waals surface area contributed by atoms with Crippen LogP contribution >= 0.6 is 11.6 Å². The van der Waals surface area contributed by atoms with Crippen molar-refractivity contribution >= 4 is 46.4 Å². The number of esters is 1. The zero-order valence-electron chi connectivity index (χ0n) is 18.7. The Morgan fingerprint density at radius 3 is 2.33 bits per heavy atom. The van der Waals surface area contributed by atoms with Gasteiger partial charge in [-0.05, 0) is 65.4 Å². The summed E-state index contributed by atoms with van der Waals surface area (Å²) >= 11 is 5.89. The van der Waals surface area contributed by atoms with Gasteiger partial charge >= 0.3 is 5.97 Å². The Bertz CT molecular complexity index is 1450. The number of nitrogens with zero attached hydrogens (tertiary/aromatic N) is 1. The third kappa shape index (κ3) is 6.11. The molecule has 4 aromatic carbocycles. The molecule has 0 heterocycles. The number of benzene rings is 4. The van der Waals surface area contributed by atoms with E-state index < -0.39 is 23.6 Å². The van der Waals surface area contributed by atoms with Gasteiger partial charge in [0.25, 0.3) is 11.8 Å². The maximum atomic E-state index is 13.0. The second kappa shape index (κ2) is 11.2. The van der Waals surface area contributed by atoms with E-state index >= 15 is 0 Å². The first kappa shape index (κ1) is 24.6. The summed E-state index contributed by atoms with van der Waals surface area (Å²) < 4.78 is 18.6. The summed E-state index contributed by atoms with van der Waals surface area (Å²) in [5.41, 5.74) is 3.35. The van der Waals surface area contributed by atoms with E-state index in [-0.39, 0.29) is 17.9 Å². The normalized spacial score (nSPS) is 10.8. The molecule has 2 N–H and O–H groups in total. The van der Waals surface area contributed by atoms with Gasteiger partial charge in [-0.1, -0.05) is 41.9 Å². The number of fused-ring (bicyclic) bond motifs is 1. The van der Waals surface area contributed by atoms with Gasteiger partial charge in [0.1, 0.15) is 11.6 Å². The lowest BCUT2D eigenvalue weighted by atomic mass is 10.0. The number of nitrogens with one attached hydrogen (secondary N) is 2. The van der Waals surface area contributed by atoms with Crippen molar-refractivity contribution in [3.05, 3.63) is 112 Å². The second-order valence-electron chi connectivity index (χ2n) is 7.58. The predicted octanol–water partition coefficient (Wildman–Crippen LogP) is 4.73. The average Bonchev–Trinajstić information content (AvgIpc) is 2.89. The molecule has 0 fully saturated rings. The van der Waals surface area contributed by atoms with Crippen molar-refractivity contribution in [2.45, 2.75) is 0 Å². The molecule has 0 saturated carbocycles. The van der Waals surface area contributed by atoms with Crippen molar-refractivity contribution in [3.8, 4) is 5.75 Å². The molecule has 0 aliphatic heterocycles. The molecule has 0 radical (unpaired) electrons. The zero-order chi connectivity index (χ0) is 25.5. The smallest absolute Gasteiger partial charge is 0.343 e. The monoisotopic (exact) mass is 503 g/mol. The van der Waals surface area contributed by atoms with E-state index in [1.54, 1.807) is 36.4 Å². The van der Waals surface area contributed by atoms with Crippen LogP contribution in [0.1, 0.15) is 26.3 Å².